The van der Waals surface area contributed by atoms with E-state index in [4.69, 9.17) is 0 Å². The van der Waals surface area contributed by atoms with Crippen molar-refractivity contribution in [3.8, 4) is 0 Å². The van der Waals surface area contributed by atoms with Crippen molar-refractivity contribution in [3.63, 3.8) is 0 Å². The molecule has 0 atom stereocenters. The van der Waals surface area contributed by atoms with Crippen molar-refractivity contribution in [3.05, 3.63) is 18.0 Å². The average Bonchev–Trinajstić information content (AvgIpc) is 2.76. The molecule has 2 rings (SSSR count). The van der Waals surface area contributed by atoms with Crippen molar-refractivity contribution >= 4 is 22.7 Å². The quantitative estimate of drug-likeness (QED) is 0.792. The van der Waals surface area contributed by atoms with Gasteiger partial charge in [-0.15, -0.1) is 0 Å². The molecule has 20 heavy (non-hydrogen) atoms. The zero-order valence-electron chi connectivity index (χ0n) is 12.1. The van der Waals surface area contributed by atoms with E-state index >= 15 is 0 Å². The zero-order valence-corrected chi connectivity index (χ0v) is 12.1. The number of nitrogens with zero attached hydrogens (tertiary/aromatic N) is 3. The normalized spacial score (nSPS) is 11.2. The maximum absolute atomic E-state index is 11.3. The van der Waals surface area contributed by atoms with Gasteiger partial charge in [-0.1, -0.05) is 13.8 Å². The summed E-state index contributed by atoms with van der Waals surface area (Å²) in [6, 6.07) is 0. The number of pyridine rings is 1. The van der Waals surface area contributed by atoms with Gasteiger partial charge in [-0.3, -0.25) is 4.68 Å². The molecule has 0 saturated carbocycles. The van der Waals surface area contributed by atoms with Crippen LogP contribution >= 0.6 is 0 Å². The van der Waals surface area contributed by atoms with Gasteiger partial charge in [0.15, 0.2) is 5.65 Å². The third-order valence-corrected chi connectivity index (χ3v) is 3.25. The van der Waals surface area contributed by atoms with E-state index in [9.17, 15) is 9.90 Å². The summed E-state index contributed by atoms with van der Waals surface area (Å²) >= 11 is 0. The lowest BCUT2D eigenvalue weighted by molar-refractivity contribution is 0.0697. The number of carbonyl (C=O) groups is 1. The molecule has 0 bridgehead atoms. The largest absolute Gasteiger partial charge is 0.478 e. The highest BCUT2D eigenvalue weighted by molar-refractivity contribution is 6.03. The molecule has 2 aromatic rings. The summed E-state index contributed by atoms with van der Waals surface area (Å²) < 4.78 is 1.64. The molecule has 2 aromatic heterocycles. The summed E-state index contributed by atoms with van der Waals surface area (Å²) in [5, 5.41) is 17.4. The molecule has 0 spiro atoms. The fourth-order valence-electron chi connectivity index (χ4n) is 2.17. The number of carboxylic acid groups (broad SMARTS) is 1. The van der Waals surface area contributed by atoms with Crippen LogP contribution in [0.5, 0.6) is 0 Å². The Balaban J connectivity index is 2.28. The topological polar surface area (TPSA) is 80.0 Å². The molecule has 0 unspecified atom stereocenters. The van der Waals surface area contributed by atoms with E-state index in [2.05, 4.69) is 29.2 Å². The Kier molecular flexibility index (Phi) is 4.22. The minimum Gasteiger partial charge on any atom is -0.478 e. The van der Waals surface area contributed by atoms with Crippen LogP contribution in [0.25, 0.3) is 11.0 Å². The maximum Gasteiger partial charge on any atom is 0.339 e. The predicted molar refractivity (Wildman–Crippen MR) is 78.0 cm³/mol. The average molecular weight is 276 g/mol. The van der Waals surface area contributed by atoms with Gasteiger partial charge in [-0.2, -0.15) is 5.10 Å². The van der Waals surface area contributed by atoms with Crippen molar-refractivity contribution in [1.82, 2.24) is 14.8 Å². The number of aromatic nitrogens is 3. The zero-order chi connectivity index (χ0) is 14.7. The number of aromatic carboxylic acids is 1. The van der Waals surface area contributed by atoms with Crippen molar-refractivity contribution in [2.45, 2.75) is 26.7 Å². The van der Waals surface area contributed by atoms with E-state index in [0.717, 1.165) is 24.8 Å². The first-order chi connectivity index (χ1) is 9.50. The van der Waals surface area contributed by atoms with Crippen LogP contribution in [0.3, 0.4) is 0 Å². The van der Waals surface area contributed by atoms with Crippen LogP contribution in [0.1, 0.15) is 37.0 Å². The molecule has 0 aliphatic carbocycles. The summed E-state index contributed by atoms with van der Waals surface area (Å²) in [4.78, 5) is 15.5. The lowest BCUT2D eigenvalue weighted by Gasteiger charge is -2.11. The molecule has 2 N–H and O–H groups in total. The van der Waals surface area contributed by atoms with Crippen LogP contribution in [-0.4, -0.2) is 32.4 Å². The summed E-state index contributed by atoms with van der Waals surface area (Å²) in [5.41, 5.74) is 1.48. The van der Waals surface area contributed by atoms with Gasteiger partial charge in [0.25, 0.3) is 0 Å². The number of nitrogens with one attached hydrogen (secondary N) is 1. The summed E-state index contributed by atoms with van der Waals surface area (Å²) in [6.07, 6.45) is 5.15. The van der Waals surface area contributed by atoms with Crippen LogP contribution < -0.4 is 5.32 Å². The Hall–Kier alpha value is -2.11. The third-order valence-electron chi connectivity index (χ3n) is 3.25. The molecular weight excluding hydrogens is 256 g/mol. The van der Waals surface area contributed by atoms with Crippen LogP contribution in [0.4, 0.5) is 5.69 Å². The third kappa shape index (κ3) is 2.89. The van der Waals surface area contributed by atoms with Crippen molar-refractivity contribution in [1.29, 1.82) is 0 Å². The maximum atomic E-state index is 11.3. The van der Waals surface area contributed by atoms with Gasteiger partial charge in [-0.25, -0.2) is 9.78 Å². The smallest absolute Gasteiger partial charge is 0.339 e. The van der Waals surface area contributed by atoms with Gasteiger partial charge < -0.3 is 10.4 Å². The molecule has 6 nitrogen and oxygen atoms in total. The second-order valence-corrected chi connectivity index (χ2v) is 5.32. The molecule has 0 fully saturated rings. The predicted octanol–water partition coefficient (Wildman–Crippen LogP) is 2.51. The van der Waals surface area contributed by atoms with Crippen molar-refractivity contribution < 1.29 is 9.90 Å². The van der Waals surface area contributed by atoms with Crippen molar-refractivity contribution in [2.75, 3.05) is 11.9 Å². The molecule has 0 saturated heterocycles. The van der Waals surface area contributed by atoms with E-state index in [1.165, 1.54) is 6.20 Å². The molecule has 6 heteroatoms. The van der Waals surface area contributed by atoms with E-state index in [1.54, 1.807) is 17.9 Å². The van der Waals surface area contributed by atoms with Crippen LogP contribution in [0.2, 0.25) is 0 Å². The summed E-state index contributed by atoms with van der Waals surface area (Å²) in [6.45, 7) is 5.09. The number of anilines is 1. The first kappa shape index (κ1) is 14.3. The molecule has 0 aliphatic heterocycles. The van der Waals surface area contributed by atoms with Gasteiger partial charge in [0.05, 0.1) is 17.3 Å². The number of hydrogen-bond acceptors (Lipinski definition) is 4. The number of hydrogen-bond donors (Lipinski definition) is 2. The van der Waals surface area contributed by atoms with Crippen LogP contribution in [-0.2, 0) is 7.05 Å². The number of aryl methyl sites for hydroxylation is 1. The molecular formula is C14H20N4O2. The molecule has 0 aliphatic rings. The van der Waals surface area contributed by atoms with Crippen molar-refractivity contribution in [2.24, 2.45) is 13.0 Å². The molecule has 0 radical (unpaired) electrons. The highest BCUT2D eigenvalue weighted by Crippen LogP contribution is 2.25. The minimum absolute atomic E-state index is 0.190. The van der Waals surface area contributed by atoms with Gasteiger partial charge in [0.2, 0.25) is 0 Å². The number of rotatable bonds is 6. The van der Waals surface area contributed by atoms with Gasteiger partial charge in [0, 0.05) is 19.8 Å². The Bertz CT molecular complexity index is 619. The van der Waals surface area contributed by atoms with E-state index in [1.807, 2.05) is 0 Å². The Morgan fingerprint density at radius 2 is 2.20 bits per heavy atom. The van der Waals surface area contributed by atoms with Gasteiger partial charge >= 0.3 is 5.97 Å². The second kappa shape index (κ2) is 5.90. The summed E-state index contributed by atoms with van der Waals surface area (Å²) in [7, 11) is 1.79. The first-order valence-corrected chi connectivity index (χ1v) is 6.78. The first-order valence-electron chi connectivity index (χ1n) is 6.78. The molecule has 2 heterocycles. The minimum atomic E-state index is -0.977. The van der Waals surface area contributed by atoms with E-state index < -0.39 is 5.97 Å². The monoisotopic (exact) mass is 276 g/mol. The second-order valence-electron chi connectivity index (χ2n) is 5.32. The molecule has 0 amide bonds. The van der Waals surface area contributed by atoms with E-state index in [-0.39, 0.29) is 5.56 Å². The number of carboxylic acids is 1. The van der Waals surface area contributed by atoms with Gasteiger partial charge in [0.1, 0.15) is 5.56 Å². The Morgan fingerprint density at radius 1 is 1.45 bits per heavy atom. The lowest BCUT2D eigenvalue weighted by atomic mass is 10.1. The van der Waals surface area contributed by atoms with Gasteiger partial charge in [-0.05, 0) is 18.8 Å². The fraction of sp³-hybridized carbons (Fsp3) is 0.500. The lowest BCUT2D eigenvalue weighted by Crippen LogP contribution is -2.09. The summed E-state index contributed by atoms with van der Waals surface area (Å²) in [5.74, 6) is -0.332. The number of fused-ring (bicyclic) bond motifs is 1. The Labute approximate surface area is 117 Å². The highest BCUT2D eigenvalue weighted by atomic mass is 16.4. The van der Waals surface area contributed by atoms with E-state index in [0.29, 0.717) is 17.3 Å². The molecule has 108 valence electrons. The fourth-order valence-corrected chi connectivity index (χ4v) is 2.17. The van der Waals surface area contributed by atoms with Crippen LogP contribution in [0, 0.1) is 5.92 Å². The standard InChI is InChI=1S/C14H20N4O2/c1-9(2)5-4-6-15-12-10-8-17-18(3)13(10)16-7-11(12)14(19)20/h7-9H,4-6H2,1-3H3,(H,15,16)(H,19,20). The Morgan fingerprint density at radius 3 is 2.85 bits per heavy atom. The highest BCUT2D eigenvalue weighted by Gasteiger charge is 2.16. The van der Waals surface area contributed by atoms with Crippen LogP contribution in [0.15, 0.2) is 12.4 Å². The SMILES string of the molecule is CC(C)CCCNc1c(C(=O)O)cnc2c1cnn2C. The molecule has 0 aromatic carbocycles.